The summed E-state index contributed by atoms with van der Waals surface area (Å²) < 4.78 is 32.2. The maximum Gasteiger partial charge on any atom is 0.407 e. The number of nitrogens with zero attached hydrogens (tertiary/aromatic N) is 1. The van der Waals surface area contributed by atoms with Crippen molar-refractivity contribution in [1.29, 1.82) is 0 Å². The summed E-state index contributed by atoms with van der Waals surface area (Å²) in [7, 11) is -1.44. The van der Waals surface area contributed by atoms with Gasteiger partial charge >= 0.3 is 6.09 Å². The molecule has 2 rings (SSSR count). The van der Waals surface area contributed by atoms with Gasteiger partial charge in [-0.25, -0.2) is 13.2 Å². The van der Waals surface area contributed by atoms with Crippen LogP contribution in [-0.2, 0) is 21.1 Å². The zero-order valence-corrected chi connectivity index (χ0v) is 16.2. The lowest BCUT2D eigenvalue weighted by Crippen LogP contribution is -2.47. The van der Waals surface area contributed by atoms with Crippen LogP contribution in [0.5, 0.6) is 0 Å². The van der Waals surface area contributed by atoms with Crippen molar-refractivity contribution in [1.82, 2.24) is 9.62 Å². The molecule has 1 saturated heterocycles. The molecule has 25 heavy (non-hydrogen) atoms. The van der Waals surface area contributed by atoms with Gasteiger partial charge < -0.3 is 10.1 Å². The Morgan fingerprint density at radius 2 is 1.80 bits per heavy atom. The molecule has 1 fully saturated rings. The number of rotatable bonds is 4. The Balaban J connectivity index is 1.93. The topological polar surface area (TPSA) is 75.7 Å². The van der Waals surface area contributed by atoms with Crippen molar-refractivity contribution >= 4 is 24.0 Å². The van der Waals surface area contributed by atoms with E-state index in [1.165, 1.54) is 4.31 Å². The van der Waals surface area contributed by atoms with Crippen molar-refractivity contribution in [2.45, 2.75) is 56.5 Å². The first-order chi connectivity index (χ1) is 11.6. The molecule has 0 saturated carbocycles. The molecule has 1 aromatic carbocycles. The van der Waals surface area contributed by atoms with Crippen molar-refractivity contribution in [3.05, 3.63) is 29.8 Å². The van der Waals surface area contributed by atoms with Gasteiger partial charge in [-0.1, -0.05) is 24.0 Å². The van der Waals surface area contributed by atoms with E-state index in [9.17, 15) is 13.2 Å². The van der Waals surface area contributed by atoms with Crippen molar-refractivity contribution < 1.29 is 17.9 Å². The summed E-state index contributed by atoms with van der Waals surface area (Å²) in [5.41, 5.74) is 0.568. The van der Waals surface area contributed by atoms with Crippen LogP contribution in [0, 0.1) is 0 Å². The number of hydrogen-bond acceptors (Lipinski definition) is 4. The molecule has 8 heteroatoms. The SMILES string of the molecule is BCc1ccc(S(=O)(=O)N2CCC(NC(=O)OC(C)(C)C)CC2)cc1. The van der Waals surface area contributed by atoms with Crippen LogP contribution in [0.4, 0.5) is 4.79 Å². The summed E-state index contributed by atoms with van der Waals surface area (Å²) in [5, 5.41) is 2.82. The number of carbonyl (C=O) groups is 1. The highest BCUT2D eigenvalue weighted by Gasteiger charge is 2.30. The van der Waals surface area contributed by atoms with E-state index < -0.39 is 21.7 Å². The molecule has 0 spiro atoms. The van der Waals surface area contributed by atoms with Crippen LogP contribution in [0.3, 0.4) is 0 Å². The summed E-state index contributed by atoms with van der Waals surface area (Å²) in [4.78, 5) is 12.1. The number of benzene rings is 1. The molecule has 1 aliphatic heterocycles. The molecule has 0 radical (unpaired) electrons. The van der Waals surface area contributed by atoms with Gasteiger partial charge in [0.15, 0.2) is 0 Å². The van der Waals surface area contributed by atoms with Crippen molar-refractivity contribution in [3.63, 3.8) is 0 Å². The highest BCUT2D eigenvalue weighted by Crippen LogP contribution is 2.21. The van der Waals surface area contributed by atoms with Gasteiger partial charge in [0, 0.05) is 19.1 Å². The van der Waals surface area contributed by atoms with Gasteiger partial charge in [0.1, 0.15) is 13.4 Å². The minimum absolute atomic E-state index is 0.0660. The fourth-order valence-corrected chi connectivity index (χ4v) is 4.23. The molecule has 1 aliphatic rings. The van der Waals surface area contributed by atoms with Crippen molar-refractivity contribution in [2.75, 3.05) is 13.1 Å². The molecule has 0 aliphatic carbocycles. The van der Waals surface area contributed by atoms with Crippen LogP contribution in [0.15, 0.2) is 29.2 Å². The monoisotopic (exact) mass is 366 g/mol. The summed E-state index contributed by atoms with van der Waals surface area (Å²) in [6.45, 7) is 6.21. The Kier molecular flexibility index (Phi) is 6.16. The van der Waals surface area contributed by atoms with Gasteiger partial charge in [-0.3, -0.25) is 0 Å². The lowest BCUT2D eigenvalue weighted by Gasteiger charge is -2.32. The van der Waals surface area contributed by atoms with E-state index in [-0.39, 0.29) is 6.04 Å². The maximum absolute atomic E-state index is 12.7. The number of carbonyl (C=O) groups excluding carboxylic acids is 1. The van der Waals surface area contributed by atoms with Crippen molar-refractivity contribution in [2.24, 2.45) is 0 Å². The lowest BCUT2D eigenvalue weighted by atomic mass is 9.97. The fourth-order valence-electron chi connectivity index (χ4n) is 2.76. The quantitative estimate of drug-likeness (QED) is 0.820. The van der Waals surface area contributed by atoms with E-state index >= 15 is 0 Å². The summed E-state index contributed by atoms with van der Waals surface area (Å²) in [6, 6.07) is 6.97. The minimum atomic E-state index is -3.48. The molecule has 1 aromatic rings. The first-order valence-electron chi connectivity index (χ1n) is 8.70. The molecular weight excluding hydrogens is 339 g/mol. The molecule has 0 bridgehead atoms. The third-order valence-electron chi connectivity index (χ3n) is 4.14. The Hall–Kier alpha value is -1.54. The zero-order valence-electron chi connectivity index (χ0n) is 15.4. The van der Waals surface area contributed by atoms with Crippen LogP contribution >= 0.6 is 0 Å². The molecule has 1 N–H and O–H groups in total. The van der Waals surface area contributed by atoms with Gasteiger partial charge in [-0.15, -0.1) is 0 Å². The second kappa shape index (κ2) is 7.78. The molecule has 1 amide bonds. The second-order valence-electron chi connectivity index (χ2n) is 7.32. The fraction of sp³-hybridized carbons (Fsp3) is 0.588. The lowest BCUT2D eigenvalue weighted by molar-refractivity contribution is 0.0489. The van der Waals surface area contributed by atoms with E-state index in [4.69, 9.17) is 4.74 Å². The minimum Gasteiger partial charge on any atom is -0.444 e. The average molecular weight is 366 g/mol. The van der Waals surface area contributed by atoms with E-state index in [1.54, 1.807) is 12.1 Å². The third kappa shape index (κ3) is 5.47. The number of nitrogens with one attached hydrogen (secondary N) is 1. The Morgan fingerprint density at radius 1 is 1.24 bits per heavy atom. The van der Waals surface area contributed by atoms with E-state index in [1.807, 2.05) is 40.8 Å². The molecule has 0 atom stereocenters. The Bertz CT molecular complexity index is 690. The van der Waals surface area contributed by atoms with Crippen LogP contribution in [-0.4, -0.2) is 51.4 Å². The predicted molar refractivity (Wildman–Crippen MR) is 99.8 cm³/mol. The normalized spacial score (nSPS) is 17.2. The molecule has 1 heterocycles. The molecule has 6 nitrogen and oxygen atoms in total. The van der Waals surface area contributed by atoms with Gasteiger partial charge in [0.25, 0.3) is 0 Å². The number of ether oxygens (including phenoxy) is 1. The molecular formula is C17H27BN2O4S. The van der Waals surface area contributed by atoms with Crippen LogP contribution in [0.25, 0.3) is 0 Å². The van der Waals surface area contributed by atoms with Gasteiger partial charge in [0.2, 0.25) is 10.0 Å². The van der Waals surface area contributed by atoms with Gasteiger partial charge in [-0.05, 0) is 45.7 Å². The summed E-state index contributed by atoms with van der Waals surface area (Å²) in [6.07, 6.45) is 1.57. The number of sulfonamides is 1. The standard InChI is InChI=1S/C17H27BN2O4S/c1-17(2,3)24-16(21)19-14-8-10-20(11-9-14)25(22,23)15-6-4-13(12-18)5-7-15/h4-7,14H,8-12,18H2,1-3H3,(H,19,21). The Labute approximate surface area is 151 Å². The predicted octanol–water partition coefficient (Wildman–Crippen LogP) is 1.50. The zero-order chi connectivity index (χ0) is 18.7. The van der Waals surface area contributed by atoms with Crippen LogP contribution in [0.1, 0.15) is 39.2 Å². The summed E-state index contributed by atoms with van der Waals surface area (Å²) >= 11 is 0. The number of alkyl carbamates (subject to hydrolysis) is 1. The van der Waals surface area contributed by atoms with Gasteiger partial charge in [-0.2, -0.15) is 4.31 Å². The molecule has 0 aromatic heterocycles. The van der Waals surface area contributed by atoms with E-state index in [0.717, 1.165) is 11.9 Å². The maximum atomic E-state index is 12.7. The van der Waals surface area contributed by atoms with E-state index in [0.29, 0.717) is 30.8 Å². The first-order valence-corrected chi connectivity index (χ1v) is 10.1. The second-order valence-corrected chi connectivity index (χ2v) is 9.26. The van der Waals surface area contributed by atoms with Crippen molar-refractivity contribution in [3.8, 4) is 0 Å². The molecule has 138 valence electrons. The summed E-state index contributed by atoms with van der Waals surface area (Å²) in [5.74, 6) is 0. The largest absolute Gasteiger partial charge is 0.444 e. The van der Waals surface area contributed by atoms with E-state index in [2.05, 4.69) is 5.32 Å². The van der Waals surface area contributed by atoms with Gasteiger partial charge in [0.05, 0.1) is 4.90 Å². The van der Waals surface area contributed by atoms with Crippen LogP contribution < -0.4 is 5.32 Å². The number of piperidine rings is 1. The highest BCUT2D eigenvalue weighted by atomic mass is 32.2. The number of hydrogen-bond donors (Lipinski definition) is 1. The average Bonchev–Trinajstić information content (AvgIpc) is 2.53. The number of amides is 1. The highest BCUT2D eigenvalue weighted by molar-refractivity contribution is 7.89. The third-order valence-corrected chi connectivity index (χ3v) is 6.06. The van der Waals surface area contributed by atoms with Crippen LogP contribution in [0.2, 0.25) is 0 Å². The smallest absolute Gasteiger partial charge is 0.407 e. The molecule has 0 unspecified atom stereocenters. The Morgan fingerprint density at radius 3 is 2.28 bits per heavy atom. The first kappa shape index (κ1) is 19.8.